The Kier molecular flexibility index (Phi) is 6.83. The molecule has 8 nitrogen and oxygen atoms in total. The predicted molar refractivity (Wildman–Crippen MR) is 135 cm³/mol. The standard InChI is InChI=1S/C25H29N5O3S/c1-7-34-25-28-24-26-16(4)21(23(31)27-18-10-8-9-14(2)15(18)3)22(30(24)29-25)17-11-12-19(32-5)20(13-17)33-6/h8-13,22H,7H2,1-6H3,(H,27,31)(H,26,28,29). The lowest BCUT2D eigenvalue weighted by Gasteiger charge is -2.29. The number of rotatable bonds is 7. The van der Waals surface area contributed by atoms with Crippen LogP contribution in [0.3, 0.4) is 0 Å². The third-order valence-electron chi connectivity index (χ3n) is 5.93. The number of fused-ring (bicyclic) bond motifs is 1. The first-order valence-corrected chi connectivity index (χ1v) is 12.0. The fraction of sp³-hybridized carbons (Fsp3) is 0.320. The molecule has 0 aliphatic carbocycles. The molecule has 1 unspecified atom stereocenters. The Morgan fingerprint density at radius 1 is 1.15 bits per heavy atom. The number of aromatic nitrogens is 3. The maximum Gasteiger partial charge on any atom is 0.255 e. The van der Waals surface area contributed by atoms with E-state index < -0.39 is 6.04 Å². The van der Waals surface area contributed by atoms with E-state index in [1.54, 1.807) is 30.7 Å². The molecule has 2 aromatic carbocycles. The number of benzene rings is 2. The fourth-order valence-electron chi connectivity index (χ4n) is 4.02. The number of hydrogen-bond acceptors (Lipinski definition) is 7. The van der Waals surface area contributed by atoms with Gasteiger partial charge in [-0.1, -0.05) is 36.9 Å². The topological polar surface area (TPSA) is 90.3 Å². The maximum atomic E-state index is 13.7. The van der Waals surface area contributed by atoms with Gasteiger partial charge in [0.1, 0.15) is 6.04 Å². The Morgan fingerprint density at radius 3 is 2.62 bits per heavy atom. The monoisotopic (exact) mass is 479 g/mol. The molecule has 2 heterocycles. The highest BCUT2D eigenvalue weighted by Gasteiger charge is 2.35. The minimum absolute atomic E-state index is 0.204. The van der Waals surface area contributed by atoms with Crippen molar-refractivity contribution in [3.8, 4) is 11.5 Å². The van der Waals surface area contributed by atoms with Gasteiger partial charge in [0.2, 0.25) is 11.1 Å². The van der Waals surface area contributed by atoms with Crippen LogP contribution in [0, 0.1) is 13.8 Å². The maximum absolute atomic E-state index is 13.7. The van der Waals surface area contributed by atoms with Crippen molar-refractivity contribution in [2.75, 3.05) is 30.6 Å². The summed E-state index contributed by atoms with van der Waals surface area (Å²) in [6, 6.07) is 11.0. The zero-order valence-corrected chi connectivity index (χ0v) is 21.0. The lowest BCUT2D eigenvalue weighted by molar-refractivity contribution is -0.113. The van der Waals surface area contributed by atoms with Gasteiger partial charge in [-0.3, -0.25) is 4.79 Å². The minimum Gasteiger partial charge on any atom is -0.493 e. The van der Waals surface area contributed by atoms with E-state index >= 15 is 0 Å². The van der Waals surface area contributed by atoms with Gasteiger partial charge in [-0.25, -0.2) is 4.68 Å². The number of ether oxygens (including phenoxy) is 2. The van der Waals surface area contributed by atoms with Crippen molar-refractivity contribution in [2.24, 2.45) is 0 Å². The number of amides is 1. The third kappa shape index (κ3) is 4.35. The zero-order valence-electron chi connectivity index (χ0n) is 20.2. The van der Waals surface area contributed by atoms with Crippen molar-refractivity contribution in [3.05, 3.63) is 64.4 Å². The van der Waals surface area contributed by atoms with Gasteiger partial charge < -0.3 is 20.1 Å². The minimum atomic E-state index is -0.500. The van der Waals surface area contributed by atoms with Crippen LogP contribution in [0.15, 0.2) is 52.8 Å². The lowest BCUT2D eigenvalue weighted by atomic mass is 9.94. The molecule has 1 aliphatic rings. The number of methoxy groups -OCH3 is 2. The second-order valence-corrected chi connectivity index (χ2v) is 9.21. The molecular formula is C25H29N5O3S. The Labute approximate surface area is 203 Å². The van der Waals surface area contributed by atoms with Crippen LogP contribution in [-0.2, 0) is 4.79 Å². The highest BCUT2D eigenvalue weighted by atomic mass is 32.2. The number of nitrogens with one attached hydrogen (secondary N) is 2. The Bertz CT molecular complexity index is 1270. The van der Waals surface area contributed by atoms with Crippen LogP contribution in [0.25, 0.3) is 0 Å². The van der Waals surface area contributed by atoms with E-state index in [1.807, 2.05) is 57.2 Å². The van der Waals surface area contributed by atoms with Gasteiger partial charge in [0, 0.05) is 11.4 Å². The first-order valence-electron chi connectivity index (χ1n) is 11.0. The number of aryl methyl sites for hydroxylation is 1. The highest BCUT2D eigenvalue weighted by molar-refractivity contribution is 7.99. The molecule has 1 aromatic heterocycles. The van der Waals surface area contributed by atoms with Gasteiger partial charge >= 0.3 is 0 Å². The quantitative estimate of drug-likeness (QED) is 0.463. The van der Waals surface area contributed by atoms with E-state index in [0.29, 0.717) is 28.2 Å². The zero-order chi connectivity index (χ0) is 24.4. The number of carbonyl (C=O) groups excluding carboxylic acids is 1. The summed E-state index contributed by atoms with van der Waals surface area (Å²) in [5.74, 6) is 2.43. The van der Waals surface area contributed by atoms with Gasteiger partial charge in [0.15, 0.2) is 11.5 Å². The summed E-state index contributed by atoms with van der Waals surface area (Å²) >= 11 is 1.55. The molecule has 0 saturated heterocycles. The molecule has 34 heavy (non-hydrogen) atoms. The van der Waals surface area contributed by atoms with Crippen molar-refractivity contribution in [1.82, 2.24) is 14.8 Å². The van der Waals surface area contributed by atoms with Gasteiger partial charge in [0.25, 0.3) is 5.91 Å². The van der Waals surface area contributed by atoms with Crippen molar-refractivity contribution in [1.29, 1.82) is 0 Å². The van der Waals surface area contributed by atoms with Gasteiger partial charge in [-0.15, -0.1) is 5.10 Å². The van der Waals surface area contributed by atoms with Gasteiger partial charge in [0.05, 0.1) is 19.8 Å². The summed E-state index contributed by atoms with van der Waals surface area (Å²) in [5, 5.41) is 11.8. The van der Waals surface area contributed by atoms with Crippen molar-refractivity contribution >= 4 is 29.3 Å². The molecular weight excluding hydrogens is 450 g/mol. The van der Waals surface area contributed by atoms with Crippen molar-refractivity contribution in [2.45, 2.75) is 38.9 Å². The Morgan fingerprint density at radius 2 is 1.91 bits per heavy atom. The molecule has 0 radical (unpaired) electrons. The average Bonchev–Trinajstić information content (AvgIpc) is 3.22. The van der Waals surface area contributed by atoms with Crippen LogP contribution in [0.2, 0.25) is 0 Å². The molecule has 0 saturated carbocycles. The number of allylic oxidation sites excluding steroid dienone is 1. The van der Waals surface area contributed by atoms with Crippen LogP contribution < -0.4 is 20.1 Å². The average molecular weight is 480 g/mol. The van der Waals surface area contributed by atoms with E-state index in [-0.39, 0.29) is 5.91 Å². The fourth-order valence-corrected chi connectivity index (χ4v) is 4.58. The van der Waals surface area contributed by atoms with Crippen LogP contribution in [0.1, 0.15) is 36.6 Å². The van der Waals surface area contributed by atoms with Crippen LogP contribution in [0.4, 0.5) is 11.6 Å². The van der Waals surface area contributed by atoms with E-state index in [4.69, 9.17) is 14.6 Å². The summed E-state index contributed by atoms with van der Waals surface area (Å²) in [5.41, 5.74) is 5.03. The molecule has 178 valence electrons. The summed E-state index contributed by atoms with van der Waals surface area (Å²) in [7, 11) is 3.19. The molecule has 0 spiro atoms. The predicted octanol–water partition coefficient (Wildman–Crippen LogP) is 4.95. The third-order valence-corrected chi connectivity index (χ3v) is 6.65. The number of nitrogens with zero attached hydrogens (tertiary/aromatic N) is 3. The molecule has 4 rings (SSSR count). The summed E-state index contributed by atoms with van der Waals surface area (Å²) in [4.78, 5) is 18.3. The van der Waals surface area contributed by atoms with E-state index in [1.165, 1.54) is 0 Å². The van der Waals surface area contributed by atoms with E-state index in [2.05, 4.69) is 22.5 Å². The number of thioether (sulfide) groups is 1. The molecule has 0 fully saturated rings. The molecule has 1 aliphatic heterocycles. The molecule has 0 bridgehead atoms. The van der Waals surface area contributed by atoms with Crippen LogP contribution in [-0.4, -0.2) is 40.6 Å². The lowest BCUT2D eigenvalue weighted by Crippen LogP contribution is -2.31. The summed E-state index contributed by atoms with van der Waals surface area (Å²) in [6.45, 7) is 7.96. The Hall–Kier alpha value is -3.46. The summed E-state index contributed by atoms with van der Waals surface area (Å²) in [6.07, 6.45) is 0. The van der Waals surface area contributed by atoms with Crippen LogP contribution in [0.5, 0.6) is 11.5 Å². The van der Waals surface area contributed by atoms with E-state index in [9.17, 15) is 4.79 Å². The highest BCUT2D eigenvalue weighted by Crippen LogP contribution is 2.39. The second-order valence-electron chi connectivity index (χ2n) is 7.98. The van der Waals surface area contributed by atoms with Gasteiger partial charge in [-0.2, -0.15) is 4.98 Å². The normalized spacial score (nSPS) is 14.9. The molecule has 9 heteroatoms. The molecule has 1 amide bonds. The largest absolute Gasteiger partial charge is 0.493 e. The molecule has 1 atom stereocenters. The molecule has 2 N–H and O–H groups in total. The first kappa shape index (κ1) is 23.7. The molecule has 3 aromatic rings. The number of carbonyl (C=O) groups is 1. The number of hydrogen-bond donors (Lipinski definition) is 2. The van der Waals surface area contributed by atoms with E-state index in [0.717, 1.165) is 33.8 Å². The smallest absolute Gasteiger partial charge is 0.255 e. The van der Waals surface area contributed by atoms with Crippen molar-refractivity contribution in [3.63, 3.8) is 0 Å². The SMILES string of the molecule is CCSc1nc2n(n1)C(c1ccc(OC)c(OC)c1)C(C(=O)Nc1cccc(C)c1C)=C(C)N2. The summed E-state index contributed by atoms with van der Waals surface area (Å²) < 4.78 is 12.7. The first-order chi connectivity index (χ1) is 16.4. The Balaban J connectivity index is 1.82. The second kappa shape index (κ2) is 9.80. The van der Waals surface area contributed by atoms with Gasteiger partial charge in [-0.05, 0) is 61.4 Å². The number of anilines is 2. The van der Waals surface area contributed by atoms with Crippen LogP contribution >= 0.6 is 11.8 Å². The van der Waals surface area contributed by atoms with Crippen molar-refractivity contribution < 1.29 is 14.3 Å².